The number of carboxylic acid groups (broad SMARTS) is 1. The van der Waals surface area contributed by atoms with Gasteiger partial charge >= 0.3 is 11.7 Å². The van der Waals surface area contributed by atoms with Crippen LogP contribution in [0.5, 0.6) is 0 Å². The minimum atomic E-state index is -1.02. The van der Waals surface area contributed by atoms with Crippen LogP contribution in [0.15, 0.2) is 82.4 Å². The number of hydrogen-bond donors (Lipinski definition) is 2. The molecule has 0 aliphatic rings. The zero-order valence-corrected chi connectivity index (χ0v) is 18.2. The molecule has 4 aromatic rings. The molecule has 0 saturated carbocycles. The molecule has 4 rings (SSSR count). The first-order chi connectivity index (χ1) is 16.4. The van der Waals surface area contributed by atoms with Crippen molar-refractivity contribution in [1.29, 1.82) is 0 Å². The van der Waals surface area contributed by atoms with Gasteiger partial charge in [-0.3, -0.25) is 18.7 Å². The summed E-state index contributed by atoms with van der Waals surface area (Å²) in [5.41, 5.74) is 1.78. The van der Waals surface area contributed by atoms with Gasteiger partial charge in [-0.2, -0.15) is 0 Å². The second-order valence-electron chi connectivity index (χ2n) is 7.87. The van der Waals surface area contributed by atoms with E-state index in [0.29, 0.717) is 22.9 Å². The molecule has 0 bridgehead atoms. The molecule has 0 aliphatic heterocycles. The number of aromatic nitrogens is 2. The Bertz CT molecular complexity index is 1480. The van der Waals surface area contributed by atoms with Gasteiger partial charge in [-0.15, -0.1) is 0 Å². The van der Waals surface area contributed by atoms with E-state index in [0.717, 1.165) is 11.1 Å². The molecule has 0 atom stereocenters. The zero-order valence-electron chi connectivity index (χ0n) is 18.2. The Labute approximate surface area is 194 Å². The van der Waals surface area contributed by atoms with Crippen LogP contribution < -0.4 is 11.2 Å². The van der Waals surface area contributed by atoms with Gasteiger partial charge in [0, 0.05) is 12.1 Å². The molecule has 0 aliphatic carbocycles. The van der Waals surface area contributed by atoms with Crippen molar-refractivity contribution in [2.75, 3.05) is 6.61 Å². The second kappa shape index (κ2) is 9.68. The number of rotatable bonds is 8. The summed E-state index contributed by atoms with van der Waals surface area (Å²) >= 11 is 0. The summed E-state index contributed by atoms with van der Waals surface area (Å²) in [6.45, 7) is -0.243. The van der Waals surface area contributed by atoms with Crippen molar-refractivity contribution in [1.82, 2.24) is 9.13 Å². The summed E-state index contributed by atoms with van der Waals surface area (Å²) < 4.78 is 2.71. The van der Waals surface area contributed by atoms with Gasteiger partial charge in [0.05, 0.1) is 23.0 Å². The number of aliphatic hydroxyl groups is 1. The Morgan fingerprint density at radius 3 is 2.03 bits per heavy atom. The maximum absolute atomic E-state index is 13.4. The number of carbonyl (C=O) groups excluding carboxylic acids is 1. The van der Waals surface area contributed by atoms with Crippen molar-refractivity contribution in [3.8, 4) is 0 Å². The maximum atomic E-state index is 13.4. The summed E-state index contributed by atoms with van der Waals surface area (Å²) in [5, 5.41) is 18.5. The van der Waals surface area contributed by atoms with Gasteiger partial charge in [-0.25, -0.2) is 9.59 Å². The van der Waals surface area contributed by atoms with Crippen molar-refractivity contribution >= 4 is 22.7 Å². The number of aromatic carboxylic acids is 1. The first kappa shape index (κ1) is 22.9. The van der Waals surface area contributed by atoms with Gasteiger partial charge in [0.1, 0.15) is 6.61 Å². The van der Waals surface area contributed by atoms with Crippen LogP contribution in [0.25, 0.3) is 10.9 Å². The molecule has 0 amide bonds. The Morgan fingerprint density at radius 2 is 1.38 bits per heavy atom. The summed E-state index contributed by atoms with van der Waals surface area (Å²) in [6.07, 6.45) is 0.380. The van der Waals surface area contributed by atoms with Crippen LogP contribution >= 0.6 is 0 Å². The highest BCUT2D eigenvalue weighted by Crippen LogP contribution is 2.12. The Kier molecular flexibility index (Phi) is 6.51. The number of aryl methyl sites for hydroxylation is 1. The smallest absolute Gasteiger partial charge is 0.335 e. The Hall–Kier alpha value is -4.30. The highest BCUT2D eigenvalue weighted by atomic mass is 16.4. The van der Waals surface area contributed by atoms with Crippen molar-refractivity contribution in [2.24, 2.45) is 0 Å². The zero-order chi connectivity index (χ0) is 24.2. The first-order valence-electron chi connectivity index (χ1n) is 10.7. The maximum Gasteiger partial charge on any atom is 0.335 e. The second-order valence-corrected chi connectivity index (χ2v) is 7.87. The van der Waals surface area contributed by atoms with Gasteiger partial charge < -0.3 is 10.2 Å². The topological polar surface area (TPSA) is 119 Å². The molecule has 172 valence electrons. The minimum Gasteiger partial charge on any atom is -0.478 e. The van der Waals surface area contributed by atoms with Crippen molar-refractivity contribution in [2.45, 2.75) is 19.5 Å². The molecule has 8 heteroatoms. The molecule has 34 heavy (non-hydrogen) atoms. The van der Waals surface area contributed by atoms with Crippen LogP contribution in [0, 0.1) is 0 Å². The summed E-state index contributed by atoms with van der Waals surface area (Å²) in [7, 11) is 0. The fourth-order valence-corrected chi connectivity index (χ4v) is 3.85. The average Bonchev–Trinajstić information content (AvgIpc) is 2.86. The van der Waals surface area contributed by atoms with E-state index in [1.807, 2.05) is 0 Å². The van der Waals surface area contributed by atoms with E-state index in [4.69, 9.17) is 10.2 Å². The SMILES string of the molecule is O=C(O)c1ccc(CCn2c(=O)c3ccccc3n(Cc3ccc(C(=O)CO)cc3)c2=O)cc1. The number of carbonyl (C=O) groups is 2. The van der Waals surface area contributed by atoms with E-state index in [1.165, 1.54) is 21.3 Å². The third-order valence-electron chi connectivity index (χ3n) is 5.72. The summed E-state index contributed by atoms with van der Waals surface area (Å²) in [6, 6.07) is 19.8. The third kappa shape index (κ3) is 4.57. The number of ketones is 1. The summed E-state index contributed by atoms with van der Waals surface area (Å²) in [4.78, 5) is 49.1. The number of aliphatic hydroxyl groups excluding tert-OH is 1. The van der Waals surface area contributed by atoms with Crippen molar-refractivity contribution < 1.29 is 19.8 Å². The highest BCUT2D eigenvalue weighted by molar-refractivity contribution is 5.96. The van der Waals surface area contributed by atoms with E-state index in [2.05, 4.69) is 0 Å². The largest absolute Gasteiger partial charge is 0.478 e. The molecule has 0 unspecified atom stereocenters. The lowest BCUT2D eigenvalue weighted by molar-refractivity contribution is 0.0696. The lowest BCUT2D eigenvalue weighted by Crippen LogP contribution is -2.40. The lowest BCUT2D eigenvalue weighted by atomic mass is 10.1. The monoisotopic (exact) mass is 458 g/mol. The van der Waals surface area contributed by atoms with E-state index in [-0.39, 0.29) is 30.0 Å². The highest BCUT2D eigenvalue weighted by Gasteiger charge is 2.14. The number of nitrogens with zero attached hydrogens (tertiary/aromatic N) is 2. The van der Waals surface area contributed by atoms with Crippen LogP contribution in [-0.4, -0.2) is 37.7 Å². The van der Waals surface area contributed by atoms with Crippen molar-refractivity contribution in [3.63, 3.8) is 0 Å². The molecule has 0 spiro atoms. The van der Waals surface area contributed by atoms with Crippen LogP contribution in [0.3, 0.4) is 0 Å². The predicted molar refractivity (Wildman–Crippen MR) is 127 cm³/mol. The number of para-hydroxylation sites is 1. The van der Waals surface area contributed by atoms with Gasteiger partial charge in [-0.1, -0.05) is 48.5 Å². The lowest BCUT2D eigenvalue weighted by Gasteiger charge is -2.14. The Morgan fingerprint density at radius 1 is 0.765 bits per heavy atom. The number of Topliss-reactive ketones (excluding diaryl/α,β-unsaturated/α-hetero) is 1. The van der Waals surface area contributed by atoms with Crippen LogP contribution in [-0.2, 0) is 19.5 Å². The van der Waals surface area contributed by atoms with E-state index < -0.39 is 18.3 Å². The van der Waals surface area contributed by atoms with Crippen LogP contribution in [0.1, 0.15) is 31.8 Å². The van der Waals surface area contributed by atoms with Crippen LogP contribution in [0.4, 0.5) is 0 Å². The number of carboxylic acids is 1. The molecule has 0 radical (unpaired) electrons. The standard InChI is InChI=1S/C26H22N2O6/c29-16-23(30)19-9-7-18(8-10-19)15-28-22-4-2-1-3-21(22)24(31)27(26(28)34)14-13-17-5-11-20(12-6-17)25(32)33/h1-12,29H,13-16H2,(H,32,33). The number of benzene rings is 3. The van der Waals surface area contributed by atoms with Gasteiger partial charge in [-0.05, 0) is 41.8 Å². The number of fused-ring (bicyclic) bond motifs is 1. The van der Waals surface area contributed by atoms with Gasteiger partial charge in [0.15, 0.2) is 5.78 Å². The van der Waals surface area contributed by atoms with Crippen LogP contribution in [0.2, 0.25) is 0 Å². The molecule has 3 aromatic carbocycles. The quantitative estimate of drug-likeness (QED) is 0.391. The Balaban J connectivity index is 1.69. The van der Waals surface area contributed by atoms with Gasteiger partial charge in [0.25, 0.3) is 5.56 Å². The normalized spacial score (nSPS) is 11.0. The predicted octanol–water partition coefficient (Wildman–Crippen LogP) is 2.33. The molecular formula is C26H22N2O6. The fourth-order valence-electron chi connectivity index (χ4n) is 3.85. The average molecular weight is 458 g/mol. The molecular weight excluding hydrogens is 436 g/mol. The summed E-state index contributed by atoms with van der Waals surface area (Å²) in [5.74, 6) is -1.41. The van der Waals surface area contributed by atoms with Crippen molar-refractivity contribution in [3.05, 3.63) is 116 Å². The molecule has 0 saturated heterocycles. The molecule has 2 N–H and O–H groups in total. The molecule has 0 fully saturated rings. The van der Waals surface area contributed by atoms with Gasteiger partial charge in [0.2, 0.25) is 0 Å². The third-order valence-corrected chi connectivity index (χ3v) is 5.72. The van der Waals surface area contributed by atoms with E-state index >= 15 is 0 Å². The molecule has 1 heterocycles. The number of hydrogen-bond acceptors (Lipinski definition) is 5. The van der Waals surface area contributed by atoms with E-state index in [9.17, 15) is 19.2 Å². The molecule has 8 nitrogen and oxygen atoms in total. The van der Waals surface area contributed by atoms with E-state index in [1.54, 1.807) is 60.7 Å². The minimum absolute atomic E-state index is 0.138. The first-order valence-corrected chi connectivity index (χ1v) is 10.7. The fraction of sp³-hybridized carbons (Fsp3) is 0.154. The molecule has 1 aromatic heterocycles.